The summed E-state index contributed by atoms with van der Waals surface area (Å²) in [5.74, 6) is -2.21. The molecule has 1 aliphatic carbocycles. The molecule has 0 saturated heterocycles. The molecule has 1 saturated carbocycles. The van der Waals surface area contributed by atoms with E-state index in [1.54, 1.807) is 36.4 Å². The number of hydrogen-bond donors (Lipinski definition) is 6. The first-order valence-corrected chi connectivity index (χ1v) is 18.0. The van der Waals surface area contributed by atoms with E-state index in [4.69, 9.17) is 16.9 Å². The summed E-state index contributed by atoms with van der Waals surface area (Å²) in [6.07, 6.45) is 8.53. The van der Waals surface area contributed by atoms with Gasteiger partial charge in [-0.2, -0.15) is 0 Å². The van der Waals surface area contributed by atoms with Crippen molar-refractivity contribution in [3.8, 4) is 0 Å². The van der Waals surface area contributed by atoms with Crippen LogP contribution in [-0.4, -0.2) is 60.6 Å². The summed E-state index contributed by atoms with van der Waals surface area (Å²) >= 11 is 0. The minimum Gasteiger partial charge on any atom is -0.744 e. The molecule has 2 aromatic carbocycles. The van der Waals surface area contributed by atoms with Crippen molar-refractivity contribution in [1.82, 2.24) is 16.0 Å². The molecule has 0 spiro atoms. The highest BCUT2D eigenvalue weighted by molar-refractivity contribution is 7.85. The van der Waals surface area contributed by atoms with Crippen molar-refractivity contribution in [3.05, 3.63) is 95.3 Å². The van der Waals surface area contributed by atoms with Crippen LogP contribution < -0.4 is 32.0 Å². The molecule has 0 radical (unpaired) electrons. The normalized spacial score (nSPS) is 14.8. The number of pyridine rings is 1. The Morgan fingerprint density at radius 2 is 1.47 bits per heavy atom. The minimum atomic E-state index is -4.27. The third kappa shape index (κ3) is 13.2. The van der Waals surface area contributed by atoms with Gasteiger partial charge in [0.25, 0.3) is 0 Å². The van der Waals surface area contributed by atoms with Gasteiger partial charge in [0, 0.05) is 37.0 Å². The van der Waals surface area contributed by atoms with Crippen LogP contribution in [0.1, 0.15) is 61.3 Å². The van der Waals surface area contributed by atoms with E-state index in [0.717, 1.165) is 48.8 Å². The molecule has 0 bridgehead atoms. The Kier molecular flexibility index (Phi) is 14.8. The number of carbonyl (C=O) groups is 4. The number of hydrogen-bond acceptors (Lipinski definition) is 8. The highest BCUT2D eigenvalue weighted by Crippen LogP contribution is 2.27. The highest BCUT2D eigenvalue weighted by atomic mass is 32.2. The van der Waals surface area contributed by atoms with E-state index in [2.05, 4.69) is 16.0 Å². The predicted molar refractivity (Wildman–Crippen MR) is 189 cm³/mol. The molecule has 4 amide bonds. The zero-order chi connectivity index (χ0) is 37.7. The lowest BCUT2D eigenvalue weighted by molar-refractivity contribution is -0.671. The molecule has 1 heterocycles. The summed E-state index contributed by atoms with van der Waals surface area (Å²) in [6, 6.07) is 13.5. The Morgan fingerprint density at radius 1 is 0.863 bits per heavy atom. The summed E-state index contributed by atoms with van der Waals surface area (Å²) in [6.45, 7) is 3.15. The molecule has 1 aromatic heterocycles. The number of amidine groups is 1. The van der Waals surface area contributed by atoms with Gasteiger partial charge in [-0.1, -0.05) is 61.2 Å². The summed E-state index contributed by atoms with van der Waals surface area (Å²) in [4.78, 5) is 51.2. The number of nitrogens with one attached hydrogen (secondary N) is 4. The van der Waals surface area contributed by atoms with Gasteiger partial charge in [-0.05, 0) is 49.4 Å². The summed E-state index contributed by atoms with van der Waals surface area (Å²) < 4.78 is 33.0. The maximum atomic E-state index is 13.6. The molecule has 4 rings (SSSR count). The molecule has 274 valence electrons. The van der Waals surface area contributed by atoms with E-state index in [-0.39, 0.29) is 35.4 Å². The summed E-state index contributed by atoms with van der Waals surface area (Å²) in [5, 5.41) is 15.9. The number of aryl methyl sites for hydroxylation is 2. The molecular formula is C36H47N7O7S. The van der Waals surface area contributed by atoms with E-state index in [9.17, 15) is 32.1 Å². The quantitative estimate of drug-likeness (QED) is 0.0643. The van der Waals surface area contributed by atoms with Crippen molar-refractivity contribution in [2.75, 3.05) is 0 Å². The van der Waals surface area contributed by atoms with Gasteiger partial charge in [0.15, 0.2) is 12.4 Å². The molecule has 1 aliphatic rings. The van der Waals surface area contributed by atoms with Crippen LogP contribution in [0.2, 0.25) is 0 Å². The molecule has 1 fully saturated rings. The number of benzene rings is 2. The first-order chi connectivity index (χ1) is 24.0. The van der Waals surface area contributed by atoms with E-state index < -0.39 is 46.0 Å². The molecule has 51 heavy (non-hydrogen) atoms. The Labute approximate surface area is 298 Å². The van der Waals surface area contributed by atoms with Gasteiger partial charge in [0.05, 0.1) is 4.90 Å². The Hall–Kier alpha value is -5.15. The van der Waals surface area contributed by atoms with Gasteiger partial charge >= 0.3 is 0 Å². The first kappa shape index (κ1) is 40.3. The average Bonchev–Trinajstić information content (AvgIpc) is 3.07. The fourth-order valence-corrected chi connectivity index (χ4v) is 6.29. The third-order valence-corrected chi connectivity index (χ3v) is 9.36. The van der Waals surface area contributed by atoms with E-state index >= 15 is 0 Å². The van der Waals surface area contributed by atoms with E-state index in [0.29, 0.717) is 5.56 Å². The summed E-state index contributed by atoms with van der Waals surface area (Å²) in [5.41, 5.74) is 14.2. The number of nitrogens with two attached hydrogens (primary N) is 2. The lowest BCUT2D eigenvalue weighted by Gasteiger charge is -2.32. The molecule has 15 heteroatoms. The monoisotopic (exact) mass is 721 g/mol. The van der Waals surface area contributed by atoms with Crippen molar-refractivity contribution >= 4 is 39.6 Å². The first-order valence-electron chi connectivity index (χ1n) is 16.6. The fraction of sp³-hybridized carbons (Fsp3) is 0.389. The lowest BCUT2D eigenvalue weighted by Crippen LogP contribution is -2.59. The number of amides is 4. The number of rotatable bonds is 13. The van der Waals surface area contributed by atoms with E-state index in [1.807, 2.05) is 43.1 Å². The van der Waals surface area contributed by atoms with Crippen molar-refractivity contribution in [1.29, 1.82) is 5.41 Å². The van der Waals surface area contributed by atoms with Crippen molar-refractivity contribution < 1.29 is 36.7 Å². The van der Waals surface area contributed by atoms with Crippen LogP contribution in [-0.2, 0) is 49.2 Å². The van der Waals surface area contributed by atoms with Crippen LogP contribution in [0, 0.1) is 18.3 Å². The molecular weight excluding hydrogens is 675 g/mol. The second-order valence-electron chi connectivity index (χ2n) is 12.8. The van der Waals surface area contributed by atoms with Crippen LogP contribution in [0.3, 0.4) is 0 Å². The lowest BCUT2D eigenvalue weighted by atomic mass is 9.83. The second-order valence-corrected chi connectivity index (χ2v) is 14.1. The number of carbonyl (C=O) groups excluding carboxylic acids is 4. The topological polar surface area (TPSA) is 241 Å². The second kappa shape index (κ2) is 18.7. The number of nitrogens with zero attached hydrogens (tertiary/aromatic N) is 1. The number of primary amides is 1. The molecule has 0 unspecified atom stereocenters. The molecule has 8 N–H and O–H groups in total. The van der Waals surface area contributed by atoms with Gasteiger partial charge in [0.2, 0.25) is 23.6 Å². The van der Waals surface area contributed by atoms with Crippen molar-refractivity contribution in [2.24, 2.45) is 24.4 Å². The standard InChI is InChI=1S/C29H39N7O4.C7H8O3S/c1-18(37)33-24(15-19-10-12-22(13-11-19)26(30)31)28(39)35-25(21-8-4-3-5-9-21)29(40)34-23(27(32)38)16-20-7-6-14-36(2)17-20;1-6-2-4-7(5-3-6)11(8,9)10/h6-7,10-14,17,21,23-25H,3-5,8-9,15-16H2,1-2H3,(H7-,30,31,32,33,34,35,37,38,39,40);2-5H,1H3,(H,8,9,10)/t23-,24-,25-;/m0./s1. The van der Waals surface area contributed by atoms with Crippen molar-refractivity contribution in [3.63, 3.8) is 0 Å². The Morgan fingerprint density at radius 3 is 2.00 bits per heavy atom. The molecule has 14 nitrogen and oxygen atoms in total. The largest absolute Gasteiger partial charge is 0.744 e. The fourth-order valence-electron chi connectivity index (χ4n) is 5.83. The van der Waals surface area contributed by atoms with Crippen LogP contribution in [0.4, 0.5) is 0 Å². The zero-order valence-corrected chi connectivity index (χ0v) is 29.9. The third-order valence-electron chi connectivity index (χ3n) is 8.51. The Balaban J connectivity index is 0.000000542. The molecule has 3 atom stereocenters. The average molecular weight is 722 g/mol. The van der Waals surface area contributed by atoms with Crippen LogP contribution in [0.15, 0.2) is 78.0 Å². The van der Waals surface area contributed by atoms with Gasteiger partial charge < -0.3 is 32.0 Å². The van der Waals surface area contributed by atoms with Crippen molar-refractivity contribution in [2.45, 2.75) is 81.8 Å². The SMILES string of the molecule is CC(=O)N[C@@H](Cc1ccc(C(=N)N)cc1)C(=O)N[C@H](C(=O)N[C@@H](Cc1ccc[n+](C)c1)C(N)=O)C1CCCCC1.Cc1ccc(S(=O)(=O)[O-])cc1. The zero-order valence-electron chi connectivity index (χ0n) is 29.1. The van der Waals surface area contributed by atoms with Gasteiger partial charge in [-0.25, -0.2) is 13.0 Å². The van der Waals surface area contributed by atoms with Crippen LogP contribution >= 0.6 is 0 Å². The van der Waals surface area contributed by atoms with Gasteiger partial charge in [-0.3, -0.25) is 24.6 Å². The maximum absolute atomic E-state index is 13.6. The van der Waals surface area contributed by atoms with Crippen LogP contribution in [0.5, 0.6) is 0 Å². The van der Waals surface area contributed by atoms with E-state index in [1.165, 1.54) is 19.1 Å². The summed E-state index contributed by atoms with van der Waals surface area (Å²) in [7, 11) is -2.41. The Bertz CT molecular complexity index is 1790. The smallest absolute Gasteiger partial charge is 0.243 e. The minimum absolute atomic E-state index is 0.0699. The predicted octanol–water partition coefficient (Wildman–Crippen LogP) is 1.02. The molecule has 0 aliphatic heterocycles. The van der Waals surface area contributed by atoms with Gasteiger partial charge in [-0.15, -0.1) is 0 Å². The van der Waals surface area contributed by atoms with Crippen LogP contribution in [0.25, 0.3) is 0 Å². The number of nitrogen functional groups attached to an aromatic ring is 1. The highest BCUT2D eigenvalue weighted by Gasteiger charge is 2.35. The van der Waals surface area contributed by atoms with Gasteiger partial charge in [0.1, 0.15) is 41.1 Å². The number of aromatic nitrogens is 1. The maximum Gasteiger partial charge on any atom is 0.243 e. The molecule has 3 aromatic rings.